The number of nitrogens with zero attached hydrogens (tertiary/aromatic N) is 2. The Morgan fingerprint density at radius 3 is 2.65 bits per heavy atom. The molecule has 0 amide bonds. The zero-order valence-corrected chi connectivity index (χ0v) is 14.3. The third-order valence-electron chi connectivity index (χ3n) is 5.62. The van der Waals surface area contributed by atoms with E-state index in [-0.39, 0.29) is 0 Å². The third-order valence-corrected chi connectivity index (χ3v) is 5.95. The minimum atomic E-state index is 0.455. The molecule has 1 aliphatic carbocycles. The molecular weight excluding hydrogens is 308 g/mol. The Bertz CT molecular complexity index is 691. The molecule has 3 nitrogen and oxygen atoms in total. The van der Waals surface area contributed by atoms with E-state index in [0.717, 1.165) is 29.5 Å². The van der Waals surface area contributed by atoms with Crippen molar-refractivity contribution in [2.75, 3.05) is 20.2 Å². The smallest absolute Gasteiger partial charge is 0.0825 e. The van der Waals surface area contributed by atoms with Crippen molar-refractivity contribution in [3.05, 3.63) is 41.2 Å². The molecule has 0 bridgehead atoms. The van der Waals surface area contributed by atoms with Gasteiger partial charge in [-0.1, -0.05) is 11.6 Å². The normalized spacial score (nSPS) is 26.3. The van der Waals surface area contributed by atoms with Crippen molar-refractivity contribution >= 4 is 22.4 Å². The summed E-state index contributed by atoms with van der Waals surface area (Å²) >= 11 is 6.56. The van der Waals surface area contributed by atoms with E-state index in [1.165, 1.54) is 36.6 Å². The van der Waals surface area contributed by atoms with Gasteiger partial charge in [0.25, 0.3) is 0 Å². The van der Waals surface area contributed by atoms with Crippen molar-refractivity contribution in [2.24, 2.45) is 0 Å². The fraction of sp³-hybridized carbons (Fsp3) is 0.526. The Morgan fingerprint density at radius 2 is 1.91 bits per heavy atom. The lowest BCUT2D eigenvalue weighted by Crippen LogP contribution is -2.56. The third kappa shape index (κ3) is 2.98. The van der Waals surface area contributed by atoms with E-state index in [9.17, 15) is 0 Å². The summed E-state index contributed by atoms with van der Waals surface area (Å²) < 4.78 is 5.39. The molecular formula is C19H23ClN2O. The molecule has 122 valence electrons. The summed E-state index contributed by atoms with van der Waals surface area (Å²) in [6.07, 6.45) is 9.20. The van der Waals surface area contributed by atoms with Crippen LogP contribution in [0.3, 0.4) is 0 Å². The molecule has 1 aliphatic heterocycles. The zero-order valence-electron chi connectivity index (χ0n) is 13.5. The lowest BCUT2D eigenvalue weighted by Gasteiger charge is -2.46. The number of halogens is 1. The van der Waals surface area contributed by atoms with Crippen molar-refractivity contribution in [2.45, 2.75) is 43.7 Å². The van der Waals surface area contributed by atoms with E-state index in [1.54, 1.807) is 0 Å². The summed E-state index contributed by atoms with van der Waals surface area (Å²) in [5, 5.41) is 3.27. The van der Waals surface area contributed by atoms with Gasteiger partial charge in [-0.05, 0) is 60.7 Å². The second-order valence-electron chi connectivity index (χ2n) is 6.91. The van der Waals surface area contributed by atoms with E-state index in [2.05, 4.69) is 28.1 Å². The van der Waals surface area contributed by atoms with Crippen LogP contribution in [0.1, 0.15) is 37.2 Å². The predicted octanol–water partition coefficient (Wildman–Crippen LogP) is 4.25. The molecule has 1 aromatic carbocycles. The average molecular weight is 331 g/mol. The lowest BCUT2D eigenvalue weighted by molar-refractivity contribution is -0.0579. The van der Waals surface area contributed by atoms with Gasteiger partial charge in [-0.2, -0.15) is 0 Å². The highest BCUT2D eigenvalue weighted by Crippen LogP contribution is 2.40. The van der Waals surface area contributed by atoms with Crippen LogP contribution in [0.5, 0.6) is 0 Å². The Balaban J connectivity index is 1.45. The summed E-state index contributed by atoms with van der Waals surface area (Å²) in [5.74, 6) is 0.593. The summed E-state index contributed by atoms with van der Waals surface area (Å²) in [6.45, 7) is 2.21. The Morgan fingerprint density at radius 1 is 1.13 bits per heavy atom. The Labute approximate surface area is 142 Å². The summed E-state index contributed by atoms with van der Waals surface area (Å²) in [7, 11) is 1.82. The molecule has 0 unspecified atom stereocenters. The highest BCUT2D eigenvalue weighted by atomic mass is 35.5. The van der Waals surface area contributed by atoms with Crippen LogP contribution in [0.2, 0.25) is 5.02 Å². The summed E-state index contributed by atoms with van der Waals surface area (Å²) in [5.41, 5.74) is 1.32. The lowest BCUT2D eigenvalue weighted by atomic mass is 9.80. The molecule has 0 atom stereocenters. The first-order valence-corrected chi connectivity index (χ1v) is 8.92. The number of rotatable bonds is 3. The monoisotopic (exact) mass is 330 g/mol. The van der Waals surface area contributed by atoms with Gasteiger partial charge in [0.1, 0.15) is 0 Å². The fourth-order valence-corrected chi connectivity index (χ4v) is 4.43. The van der Waals surface area contributed by atoms with Crippen LogP contribution >= 0.6 is 11.6 Å². The van der Waals surface area contributed by atoms with E-state index in [1.807, 2.05) is 19.5 Å². The van der Waals surface area contributed by atoms with E-state index >= 15 is 0 Å². The van der Waals surface area contributed by atoms with Crippen molar-refractivity contribution in [3.8, 4) is 0 Å². The molecule has 4 heteroatoms. The molecule has 0 N–H and O–H groups in total. The quantitative estimate of drug-likeness (QED) is 0.841. The van der Waals surface area contributed by atoms with Gasteiger partial charge in [0.2, 0.25) is 0 Å². The maximum Gasteiger partial charge on any atom is 0.0825 e. The summed E-state index contributed by atoms with van der Waals surface area (Å²) in [6, 6.07) is 7.16. The Hall–Kier alpha value is -1.16. The highest BCUT2D eigenvalue weighted by Gasteiger charge is 2.35. The number of ether oxygens (including phenoxy) is 1. The second kappa shape index (κ2) is 6.39. The van der Waals surface area contributed by atoms with Gasteiger partial charge in [-0.25, -0.2) is 0 Å². The minimum absolute atomic E-state index is 0.455. The molecule has 1 aromatic heterocycles. The van der Waals surface area contributed by atoms with Crippen LogP contribution in [0, 0.1) is 0 Å². The SMILES string of the molecule is COC1CN(C2CCC(c3cc4ccncc4cc3Cl)CC2)C1. The van der Waals surface area contributed by atoms with Gasteiger partial charge >= 0.3 is 0 Å². The number of benzene rings is 1. The van der Waals surface area contributed by atoms with Gasteiger partial charge < -0.3 is 4.74 Å². The molecule has 2 heterocycles. The predicted molar refractivity (Wildman–Crippen MR) is 94.1 cm³/mol. The maximum atomic E-state index is 6.56. The molecule has 2 fully saturated rings. The van der Waals surface area contributed by atoms with Crippen molar-refractivity contribution in [3.63, 3.8) is 0 Å². The van der Waals surface area contributed by atoms with Crippen LogP contribution in [0.4, 0.5) is 0 Å². The average Bonchev–Trinajstić information content (AvgIpc) is 2.54. The highest BCUT2D eigenvalue weighted by molar-refractivity contribution is 6.32. The molecule has 2 aliphatic rings. The van der Waals surface area contributed by atoms with Gasteiger partial charge in [0.15, 0.2) is 0 Å². The number of aromatic nitrogens is 1. The molecule has 1 saturated carbocycles. The van der Waals surface area contributed by atoms with Crippen molar-refractivity contribution in [1.29, 1.82) is 0 Å². The molecule has 4 rings (SSSR count). The first kappa shape index (κ1) is 15.4. The standard InChI is InChI=1S/C19H23ClN2O/c1-23-17-11-22(12-17)16-4-2-13(3-5-16)18-8-14-6-7-21-10-15(14)9-19(18)20/h6-10,13,16-17H,2-5,11-12H2,1H3. The number of fused-ring (bicyclic) bond motifs is 1. The van der Waals surface area contributed by atoms with E-state index in [0.29, 0.717) is 12.0 Å². The number of hydrogen-bond acceptors (Lipinski definition) is 3. The van der Waals surface area contributed by atoms with Crippen molar-refractivity contribution in [1.82, 2.24) is 9.88 Å². The number of pyridine rings is 1. The van der Waals surface area contributed by atoms with Gasteiger partial charge in [0, 0.05) is 49.0 Å². The molecule has 1 saturated heterocycles. The molecule has 0 radical (unpaired) electrons. The maximum absolute atomic E-state index is 6.56. The number of likely N-dealkylation sites (tertiary alicyclic amines) is 1. The minimum Gasteiger partial charge on any atom is -0.379 e. The van der Waals surface area contributed by atoms with E-state index < -0.39 is 0 Å². The summed E-state index contributed by atoms with van der Waals surface area (Å²) in [4.78, 5) is 6.76. The topological polar surface area (TPSA) is 25.4 Å². The second-order valence-corrected chi connectivity index (χ2v) is 7.32. The van der Waals surface area contributed by atoms with E-state index in [4.69, 9.17) is 16.3 Å². The zero-order chi connectivity index (χ0) is 15.8. The Kier molecular flexibility index (Phi) is 4.27. The molecule has 0 spiro atoms. The van der Waals surface area contributed by atoms with Gasteiger partial charge in [-0.15, -0.1) is 0 Å². The molecule has 23 heavy (non-hydrogen) atoms. The van der Waals surface area contributed by atoms with Crippen LogP contribution in [-0.2, 0) is 4.74 Å². The van der Waals surface area contributed by atoms with Gasteiger partial charge in [0.05, 0.1) is 6.10 Å². The van der Waals surface area contributed by atoms with Crippen LogP contribution in [0.25, 0.3) is 10.8 Å². The van der Waals surface area contributed by atoms with Crippen LogP contribution < -0.4 is 0 Å². The van der Waals surface area contributed by atoms with Crippen molar-refractivity contribution < 1.29 is 4.74 Å². The molecule has 2 aromatic rings. The largest absolute Gasteiger partial charge is 0.379 e. The number of hydrogen-bond donors (Lipinski definition) is 0. The first-order chi connectivity index (χ1) is 11.2. The van der Waals surface area contributed by atoms with Crippen LogP contribution in [0.15, 0.2) is 30.6 Å². The number of methoxy groups -OCH3 is 1. The van der Waals surface area contributed by atoms with Gasteiger partial charge in [-0.3, -0.25) is 9.88 Å². The van der Waals surface area contributed by atoms with Crippen LogP contribution in [-0.4, -0.2) is 42.2 Å². The first-order valence-electron chi connectivity index (χ1n) is 8.54. The fourth-order valence-electron chi connectivity index (χ4n) is 4.11.